The molecule has 0 aromatic heterocycles. The van der Waals surface area contributed by atoms with Crippen LogP contribution in [-0.4, -0.2) is 37.2 Å². The van der Waals surface area contributed by atoms with Gasteiger partial charge in [0, 0.05) is 12.6 Å². The molecule has 0 amide bonds. The Hall–Kier alpha value is -1.22. The molecule has 3 N–H and O–H groups in total. The molecule has 0 aliphatic heterocycles. The van der Waals surface area contributed by atoms with Crippen LogP contribution in [0.2, 0.25) is 5.02 Å². The maximum Gasteiger partial charge on any atom is 0.337 e. The highest BCUT2D eigenvalue weighted by Gasteiger charge is 2.23. The molecule has 6 nitrogen and oxygen atoms in total. The molecule has 1 unspecified atom stereocenters. The number of rotatable bonds is 7. The third-order valence-electron chi connectivity index (χ3n) is 2.83. The summed E-state index contributed by atoms with van der Waals surface area (Å²) in [5.74, 6) is -2.66. The Balaban J connectivity index is 3.23. The number of nitrogens with one attached hydrogen (secondary N) is 1. The standard InChI is InChI=1S/C12H15ClFNO5S/c1-2-7(3-4-16)15-21(19,20)8-5-9(12(17)18)11(13)10(14)6-8/h5-7,15-16H,2-4H2,1H3,(H,17,18). The first-order chi connectivity index (χ1) is 9.72. The van der Waals surface area contributed by atoms with Gasteiger partial charge in [-0.3, -0.25) is 0 Å². The second kappa shape index (κ2) is 7.17. The van der Waals surface area contributed by atoms with E-state index in [4.69, 9.17) is 21.8 Å². The van der Waals surface area contributed by atoms with Crippen LogP contribution in [0.5, 0.6) is 0 Å². The highest BCUT2D eigenvalue weighted by atomic mass is 35.5. The lowest BCUT2D eigenvalue weighted by Crippen LogP contribution is -2.35. The Kier molecular flexibility index (Phi) is 6.09. The van der Waals surface area contributed by atoms with Crippen LogP contribution in [0.1, 0.15) is 30.1 Å². The van der Waals surface area contributed by atoms with Gasteiger partial charge in [0.1, 0.15) is 5.82 Å². The molecule has 9 heteroatoms. The largest absolute Gasteiger partial charge is 0.478 e. The fourth-order valence-electron chi connectivity index (χ4n) is 1.66. The van der Waals surface area contributed by atoms with Crippen LogP contribution in [0.15, 0.2) is 17.0 Å². The minimum Gasteiger partial charge on any atom is -0.478 e. The molecule has 0 aliphatic rings. The van der Waals surface area contributed by atoms with E-state index in [9.17, 15) is 17.6 Å². The fraction of sp³-hybridized carbons (Fsp3) is 0.417. The average Bonchev–Trinajstić information content (AvgIpc) is 2.40. The maximum absolute atomic E-state index is 13.6. The Bertz CT molecular complexity index is 635. The van der Waals surface area contributed by atoms with Crippen LogP contribution in [0.3, 0.4) is 0 Å². The monoisotopic (exact) mass is 339 g/mol. The zero-order valence-corrected chi connectivity index (χ0v) is 12.7. The summed E-state index contributed by atoms with van der Waals surface area (Å²) >= 11 is 5.49. The Morgan fingerprint density at radius 3 is 2.57 bits per heavy atom. The number of hydrogen-bond donors (Lipinski definition) is 3. The van der Waals surface area contributed by atoms with Crippen molar-refractivity contribution in [1.29, 1.82) is 0 Å². The summed E-state index contributed by atoms with van der Waals surface area (Å²) in [6.07, 6.45) is 0.610. The summed E-state index contributed by atoms with van der Waals surface area (Å²) in [7, 11) is -4.11. The van der Waals surface area contributed by atoms with E-state index in [1.807, 2.05) is 0 Å². The minimum absolute atomic E-state index is 0.192. The number of aliphatic hydroxyl groups is 1. The van der Waals surface area contributed by atoms with Crippen molar-refractivity contribution in [2.24, 2.45) is 0 Å². The van der Waals surface area contributed by atoms with Gasteiger partial charge in [-0.25, -0.2) is 22.3 Å². The Morgan fingerprint density at radius 2 is 2.10 bits per heavy atom. The Morgan fingerprint density at radius 1 is 1.48 bits per heavy atom. The highest BCUT2D eigenvalue weighted by Crippen LogP contribution is 2.24. The molecular formula is C12H15ClFNO5S. The van der Waals surface area contributed by atoms with E-state index < -0.39 is 43.3 Å². The van der Waals surface area contributed by atoms with Crippen LogP contribution in [0.4, 0.5) is 4.39 Å². The van der Waals surface area contributed by atoms with Gasteiger partial charge in [0.15, 0.2) is 0 Å². The van der Waals surface area contributed by atoms with E-state index in [1.54, 1.807) is 6.92 Å². The fourth-order valence-corrected chi connectivity index (χ4v) is 3.25. The summed E-state index contributed by atoms with van der Waals surface area (Å²) in [6.45, 7) is 1.50. The van der Waals surface area contributed by atoms with Gasteiger partial charge in [-0.15, -0.1) is 0 Å². The quantitative estimate of drug-likeness (QED) is 0.700. The van der Waals surface area contributed by atoms with Gasteiger partial charge >= 0.3 is 5.97 Å². The van der Waals surface area contributed by atoms with E-state index in [-0.39, 0.29) is 13.0 Å². The third kappa shape index (κ3) is 4.37. The van der Waals surface area contributed by atoms with Crippen molar-refractivity contribution in [2.45, 2.75) is 30.7 Å². The van der Waals surface area contributed by atoms with Crippen molar-refractivity contribution in [3.8, 4) is 0 Å². The zero-order chi connectivity index (χ0) is 16.2. The number of sulfonamides is 1. The third-order valence-corrected chi connectivity index (χ3v) is 4.72. The molecule has 0 radical (unpaired) electrons. The van der Waals surface area contributed by atoms with Gasteiger partial charge in [-0.2, -0.15) is 0 Å². The molecule has 1 aromatic carbocycles. The smallest absolute Gasteiger partial charge is 0.337 e. The summed E-state index contributed by atoms with van der Waals surface area (Å²) in [5.41, 5.74) is -0.632. The van der Waals surface area contributed by atoms with Gasteiger partial charge < -0.3 is 10.2 Å². The van der Waals surface area contributed by atoms with Gasteiger partial charge in [-0.1, -0.05) is 18.5 Å². The first kappa shape index (κ1) is 17.8. The normalized spacial score (nSPS) is 13.1. The van der Waals surface area contributed by atoms with Crippen molar-refractivity contribution in [1.82, 2.24) is 4.72 Å². The summed E-state index contributed by atoms with van der Waals surface area (Å²) < 4.78 is 40.1. The number of aromatic carboxylic acids is 1. The van der Waals surface area contributed by atoms with Crippen LogP contribution < -0.4 is 4.72 Å². The van der Waals surface area contributed by atoms with Crippen LogP contribution in [0.25, 0.3) is 0 Å². The summed E-state index contributed by atoms with van der Waals surface area (Å²) in [4.78, 5) is 10.4. The minimum atomic E-state index is -4.11. The SMILES string of the molecule is CCC(CCO)NS(=O)(=O)c1cc(F)c(Cl)c(C(=O)O)c1. The van der Waals surface area contributed by atoms with Gasteiger partial charge in [-0.05, 0) is 25.0 Å². The molecule has 0 fully saturated rings. The summed E-state index contributed by atoms with van der Waals surface area (Å²) in [5, 5.41) is 17.1. The first-order valence-corrected chi connectivity index (χ1v) is 7.94. The molecule has 118 valence electrons. The molecule has 1 rings (SSSR count). The van der Waals surface area contributed by atoms with E-state index in [1.165, 1.54) is 0 Å². The number of aliphatic hydroxyl groups excluding tert-OH is 1. The molecule has 1 aromatic rings. The second-order valence-electron chi connectivity index (χ2n) is 4.31. The number of hydrogen-bond acceptors (Lipinski definition) is 4. The number of halogens is 2. The van der Waals surface area contributed by atoms with Crippen LogP contribution >= 0.6 is 11.6 Å². The number of benzene rings is 1. The first-order valence-electron chi connectivity index (χ1n) is 6.08. The second-order valence-corrected chi connectivity index (χ2v) is 6.40. The molecule has 21 heavy (non-hydrogen) atoms. The van der Waals surface area contributed by atoms with Crippen LogP contribution in [0, 0.1) is 5.82 Å². The predicted molar refractivity (Wildman–Crippen MR) is 74.5 cm³/mol. The van der Waals surface area contributed by atoms with Crippen molar-refractivity contribution < 1.29 is 27.8 Å². The van der Waals surface area contributed by atoms with Crippen molar-refractivity contribution in [3.05, 3.63) is 28.5 Å². The lowest BCUT2D eigenvalue weighted by atomic mass is 10.2. The molecule has 0 saturated carbocycles. The van der Waals surface area contributed by atoms with E-state index in [0.717, 1.165) is 6.07 Å². The lowest BCUT2D eigenvalue weighted by Gasteiger charge is -2.16. The maximum atomic E-state index is 13.6. The van der Waals surface area contributed by atoms with Gasteiger partial charge in [0.05, 0.1) is 15.5 Å². The van der Waals surface area contributed by atoms with E-state index in [2.05, 4.69) is 4.72 Å². The molecule has 1 atom stereocenters. The van der Waals surface area contributed by atoms with Crippen molar-refractivity contribution in [3.63, 3.8) is 0 Å². The van der Waals surface area contributed by atoms with E-state index >= 15 is 0 Å². The lowest BCUT2D eigenvalue weighted by molar-refractivity contribution is 0.0696. The van der Waals surface area contributed by atoms with E-state index in [0.29, 0.717) is 12.5 Å². The average molecular weight is 340 g/mol. The Labute approximate surface area is 126 Å². The number of carboxylic acids is 1. The molecule has 0 bridgehead atoms. The topological polar surface area (TPSA) is 104 Å². The van der Waals surface area contributed by atoms with Gasteiger partial charge in [0.25, 0.3) is 0 Å². The number of carboxylic acid groups (broad SMARTS) is 1. The molecule has 0 heterocycles. The van der Waals surface area contributed by atoms with Crippen molar-refractivity contribution in [2.75, 3.05) is 6.61 Å². The molecule has 0 aliphatic carbocycles. The summed E-state index contributed by atoms with van der Waals surface area (Å²) in [6, 6.07) is 0.914. The molecule has 0 saturated heterocycles. The zero-order valence-electron chi connectivity index (χ0n) is 11.1. The van der Waals surface area contributed by atoms with Crippen LogP contribution in [-0.2, 0) is 10.0 Å². The predicted octanol–water partition coefficient (Wildman–Crippen LogP) is 1.62. The highest BCUT2D eigenvalue weighted by molar-refractivity contribution is 7.89. The van der Waals surface area contributed by atoms with Gasteiger partial charge in [0.2, 0.25) is 10.0 Å². The number of carbonyl (C=O) groups is 1. The van der Waals surface area contributed by atoms with Crippen molar-refractivity contribution >= 4 is 27.6 Å². The molecule has 0 spiro atoms. The molecular weight excluding hydrogens is 325 g/mol.